The second kappa shape index (κ2) is 4.45. The number of hydrogen-bond donors (Lipinski definition) is 0. The van der Waals surface area contributed by atoms with Crippen molar-refractivity contribution < 1.29 is 22.7 Å². The molecule has 8 heteroatoms. The first kappa shape index (κ1) is 12.9. The molecule has 1 aliphatic carbocycles. The summed E-state index contributed by atoms with van der Waals surface area (Å²) in [5.41, 5.74) is 0. The van der Waals surface area contributed by atoms with Crippen LogP contribution in [0.25, 0.3) is 0 Å². The van der Waals surface area contributed by atoms with E-state index in [-0.39, 0.29) is 23.8 Å². The molecule has 2 heterocycles. The fourth-order valence-corrected chi connectivity index (χ4v) is 4.52. The third-order valence-corrected chi connectivity index (χ3v) is 6.28. The zero-order valence-corrected chi connectivity index (χ0v) is 11.3. The highest BCUT2D eigenvalue weighted by molar-refractivity contribution is 7.90. The predicted molar refractivity (Wildman–Crippen MR) is 64.7 cm³/mol. The maximum atomic E-state index is 12.1. The lowest BCUT2D eigenvalue weighted by molar-refractivity contribution is -0.127. The number of amides is 2. The Morgan fingerprint density at radius 2 is 1.68 bits per heavy atom. The molecule has 0 aromatic carbocycles. The summed E-state index contributed by atoms with van der Waals surface area (Å²) in [7, 11) is -3.15. The van der Waals surface area contributed by atoms with E-state index in [1.54, 1.807) is 0 Å². The van der Waals surface area contributed by atoms with Crippen LogP contribution in [0.2, 0.25) is 0 Å². The number of ether oxygens (including phenoxy) is 1. The molecule has 7 nitrogen and oxygen atoms in total. The van der Waals surface area contributed by atoms with Gasteiger partial charge in [0.1, 0.15) is 0 Å². The van der Waals surface area contributed by atoms with Gasteiger partial charge in [-0.15, -0.1) is 0 Å². The summed E-state index contributed by atoms with van der Waals surface area (Å²) in [6.45, 7) is 0.556. The highest BCUT2D eigenvalue weighted by Gasteiger charge is 2.44. The third kappa shape index (κ3) is 2.23. The van der Waals surface area contributed by atoms with Crippen LogP contribution in [0, 0.1) is 0 Å². The number of carbonyl (C=O) groups excluding carboxylic acids is 2. The maximum absolute atomic E-state index is 12.1. The molecule has 0 unspecified atom stereocenters. The van der Waals surface area contributed by atoms with Crippen LogP contribution in [-0.4, -0.2) is 60.6 Å². The van der Waals surface area contributed by atoms with Crippen LogP contribution in [0.4, 0.5) is 4.79 Å². The second-order valence-electron chi connectivity index (χ2n) is 5.19. The first-order valence-electron chi connectivity index (χ1n) is 6.48. The van der Waals surface area contributed by atoms with Gasteiger partial charge in [0.25, 0.3) is 5.91 Å². The Morgan fingerprint density at radius 1 is 1.05 bits per heavy atom. The number of cyclic esters (lactones) is 1. The minimum absolute atomic E-state index is 0.195. The molecular formula is C11H16N2O5S. The van der Waals surface area contributed by atoms with E-state index in [2.05, 4.69) is 4.74 Å². The molecule has 0 bridgehead atoms. The number of rotatable bonds is 3. The van der Waals surface area contributed by atoms with Crippen LogP contribution in [0.1, 0.15) is 25.7 Å². The van der Waals surface area contributed by atoms with Gasteiger partial charge in [-0.2, -0.15) is 0 Å². The Morgan fingerprint density at radius 3 is 2.16 bits per heavy atom. The van der Waals surface area contributed by atoms with Gasteiger partial charge in [0, 0.05) is 19.1 Å². The van der Waals surface area contributed by atoms with Gasteiger partial charge in [-0.05, 0) is 25.7 Å². The summed E-state index contributed by atoms with van der Waals surface area (Å²) in [5.74, 6) is -0.325. The van der Waals surface area contributed by atoms with Crippen LogP contribution in [-0.2, 0) is 19.6 Å². The van der Waals surface area contributed by atoms with Gasteiger partial charge < -0.3 is 4.74 Å². The number of carbonyl (C=O) groups is 2. The number of nitrogens with zero attached hydrogens (tertiary/aromatic N) is 2. The molecule has 19 heavy (non-hydrogen) atoms. The normalized spacial score (nSPS) is 26.8. The number of hydrogen-bond acceptors (Lipinski definition) is 5. The quantitative estimate of drug-likeness (QED) is 0.725. The summed E-state index contributed by atoms with van der Waals surface area (Å²) in [4.78, 5) is 24.1. The highest BCUT2D eigenvalue weighted by Crippen LogP contribution is 2.33. The third-order valence-electron chi connectivity index (χ3n) is 3.88. The SMILES string of the molecule is O=C1COC(=O)N1C1CCN(S(=O)(=O)C2CC2)CC1. The average Bonchev–Trinajstić information content (AvgIpc) is 3.18. The zero-order chi connectivity index (χ0) is 13.6. The van der Waals surface area contributed by atoms with Crippen molar-refractivity contribution in [3.05, 3.63) is 0 Å². The smallest absolute Gasteiger partial charge is 0.417 e. The molecule has 0 aromatic rings. The number of imide groups is 1. The van der Waals surface area contributed by atoms with Gasteiger partial charge in [-0.25, -0.2) is 22.4 Å². The van der Waals surface area contributed by atoms with E-state index in [0.717, 1.165) is 17.7 Å². The molecule has 0 atom stereocenters. The van der Waals surface area contributed by atoms with E-state index in [4.69, 9.17) is 0 Å². The molecule has 0 N–H and O–H groups in total. The van der Waals surface area contributed by atoms with Gasteiger partial charge in [-0.3, -0.25) is 4.79 Å². The Labute approximate surface area is 111 Å². The van der Waals surface area contributed by atoms with E-state index in [1.165, 1.54) is 4.31 Å². The highest BCUT2D eigenvalue weighted by atomic mass is 32.2. The van der Waals surface area contributed by atoms with Crippen molar-refractivity contribution in [2.75, 3.05) is 19.7 Å². The fourth-order valence-electron chi connectivity index (χ4n) is 2.65. The second-order valence-corrected chi connectivity index (χ2v) is 7.41. The predicted octanol–water partition coefficient (Wildman–Crippen LogP) is -0.0782. The molecule has 0 radical (unpaired) electrons. The van der Waals surface area contributed by atoms with E-state index in [0.29, 0.717) is 25.9 Å². The lowest BCUT2D eigenvalue weighted by atomic mass is 10.1. The molecule has 2 aliphatic heterocycles. The molecule has 3 fully saturated rings. The molecular weight excluding hydrogens is 272 g/mol. The van der Waals surface area contributed by atoms with Crippen LogP contribution < -0.4 is 0 Å². The van der Waals surface area contributed by atoms with Crippen LogP contribution in [0.15, 0.2) is 0 Å². The lowest BCUT2D eigenvalue weighted by Gasteiger charge is -2.34. The van der Waals surface area contributed by atoms with E-state index in [1.807, 2.05) is 0 Å². The van der Waals surface area contributed by atoms with Crippen molar-refractivity contribution in [2.24, 2.45) is 0 Å². The lowest BCUT2D eigenvalue weighted by Crippen LogP contribution is -2.49. The summed E-state index contributed by atoms with van der Waals surface area (Å²) in [6, 6.07) is -0.229. The standard InChI is InChI=1S/C11H16N2O5S/c14-10-7-18-11(15)13(10)8-3-5-12(6-4-8)19(16,17)9-1-2-9/h8-9H,1-7H2. The summed E-state index contributed by atoms with van der Waals surface area (Å²) in [6.07, 6.45) is 1.88. The number of piperidine rings is 1. The van der Waals surface area contributed by atoms with Crippen LogP contribution in [0.5, 0.6) is 0 Å². The Bertz CT molecular complexity index is 489. The molecule has 0 aromatic heterocycles. The number of sulfonamides is 1. The van der Waals surface area contributed by atoms with Gasteiger partial charge in [0.05, 0.1) is 5.25 Å². The van der Waals surface area contributed by atoms with E-state index < -0.39 is 16.1 Å². The van der Waals surface area contributed by atoms with Gasteiger partial charge in [0.2, 0.25) is 10.0 Å². The minimum Gasteiger partial charge on any atom is -0.439 e. The van der Waals surface area contributed by atoms with Crippen LogP contribution in [0.3, 0.4) is 0 Å². The van der Waals surface area contributed by atoms with Crippen molar-refractivity contribution in [2.45, 2.75) is 37.0 Å². The largest absolute Gasteiger partial charge is 0.439 e. The molecule has 3 rings (SSSR count). The van der Waals surface area contributed by atoms with Crippen LogP contribution >= 0.6 is 0 Å². The first-order chi connectivity index (χ1) is 9.00. The topological polar surface area (TPSA) is 84.0 Å². The Balaban J connectivity index is 1.63. The molecule has 3 aliphatic rings. The molecule has 1 saturated carbocycles. The summed E-state index contributed by atoms with van der Waals surface area (Å²) in [5, 5.41) is -0.206. The molecule has 2 saturated heterocycles. The molecule has 106 valence electrons. The van der Waals surface area contributed by atoms with Gasteiger partial charge >= 0.3 is 6.09 Å². The average molecular weight is 288 g/mol. The van der Waals surface area contributed by atoms with Crippen molar-refractivity contribution in [1.82, 2.24) is 9.21 Å². The fraction of sp³-hybridized carbons (Fsp3) is 0.818. The Kier molecular flexibility index (Phi) is 3.01. The maximum Gasteiger partial charge on any atom is 0.417 e. The zero-order valence-electron chi connectivity index (χ0n) is 10.4. The van der Waals surface area contributed by atoms with E-state index >= 15 is 0 Å². The van der Waals surface area contributed by atoms with Crippen molar-refractivity contribution >= 4 is 22.0 Å². The molecule has 0 spiro atoms. The summed E-state index contributed by atoms with van der Waals surface area (Å²) < 4.78 is 30.3. The monoisotopic (exact) mass is 288 g/mol. The van der Waals surface area contributed by atoms with Gasteiger partial charge in [-0.1, -0.05) is 0 Å². The van der Waals surface area contributed by atoms with Crippen molar-refractivity contribution in [3.63, 3.8) is 0 Å². The van der Waals surface area contributed by atoms with Gasteiger partial charge in [0.15, 0.2) is 6.61 Å². The van der Waals surface area contributed by atoms with E-state index in [9.17, 15) is 18.0 Å². The molecule has 2 amide bonds. The first-order valence-corrected chi connectivity index (χ1v) is 7.98. The van der Waals surface area contributed by atoms with Crippen molar-refractivity contribution in [1.29, 1.82) is 0 Å². The van der Waals surface area contributed by atoms with Crippen molar-refractivity contribution in [3.8, 4) is 0 Å². The minimum atomic E-state index is -3.15. The Hall–Kier alpha value is -1.15. The summed E-state index contributed by atoms with van der Waals surface area (Å²) >= 11 is 0.